The summed E-state index contributed by atoms with van der Waals surface area (Å²) in [5.74, 6) is 1.74. The molecule has 0 spiro atoms. The number of rotatable bonds is 10. The molecule has 0 saturated heterocycles. The van der Waals surface area contributed by atoms with E-state index in [1.807, 2.05) is 47.9 Å². The maximum Gasteiger partial charge on any atom is 0.351 e. The van der Waals surface area contributed by atoms with Gasteiger partial charge < -0.3 is 14.6 Å². The van der Waals surface area contributed by atoms with E-state index in [1.54, 1.807) is 18.1 Å². The van der Waals surface area contributed by atoms with Gasteiger partial charge in [-0.05, 0) is 42.9 Å². The van der Waals surface area contributed by atoms with Crippen LogP contribution in [0.5, 0.6) is 5.75 Å². The number of carbonyl (C=O) groups is 1. The number of benzene rings is 2. The van der Waals surface area contributed by atoms with E-state index in [1.165, 1.54) is 24.0 Å². The van der Waals surface area contributed by atoms with Crippen LogP contribution >= 0.6 is 34.7 Å². The zero-order chi connectivity index (χ0) is 24.1. The van der Waals surface area contributed by atoms with Gasteiger partial charge in [0.25, 0.3) is 0 Å². The van der Waals surface area contributed by atoms with Crippen LogP contribution in [0.2, 0.25) is 5.02 Å². The molecule has 6 nitrogen and oxygen atoms in total. The number of methoxy groups -OCH3 is 1. The lowest BCUT2D eigenvalue weighted by Crippen LogP contribution is -2.07. The van der Waals surface area contributed by atoms with Gasteiger partial charge in [0.2, 0.25) is 0 Å². The molecule has 9 heteroatoms. The number of ether oxygens (including phenoxy) is 2. The minimum absolute atomic E-state index is 0.208. The molecule has 0 saturated carbocycles. The monoisotopic (exact) mass is 516 g/mol. The SMILES string of the molecule is COC(=O)c1sc(-n2cnc3ccc(CSCCCO)cc32)cc1O[C@H](C)c1ccccc1Cl. The molecule has 0 radical (unpaired) electrons. The van der Waals surface area contributed by atoms with E-state index >= 15 is 0 Å². The summed E-state index contributed by atoms with van der Waals surface area (Å²) in [6, 6.07) is 15.5. The van der Waals surface area contributed by atoms with Crippen LogP contribution in [0.1, 0.15) is 40.2 Å². The highest BCUT2D eigenvalue weighted by atomic mass is 35.5. The van der Waals surface area contributed by atoms with E-state index in [2.05, 4.69) is 17.1 Å². The number of fused-ring (bicyclic) bond motifs is 1. The molecule has 0 aliphatic carbocycles. The number of halogens is 1. The zero-order valence-electron chi connectivity index (χ0n) is 18.9. The van der Waals surface area contributed by atoms with Crippen molar-refractivity contribution in [3.05, 3.63) is 75.9 Å². The van der Waals surface area contributed by atoms with Gasteiger partial charge in [0.05, 0.1) is 18.1 Å². The van der Waals surface area contributed by atoms with Crippen molar-refractivity contribution in [2.45, 2.75) is 25.2 Å². The molecule has 0 aliphatic heterocycles. The Labute approximate surface area is 211 Å². The molecule has 1 atom stereocenters. The number of thioether (sulfide) groups is 1. The molecule has 0 amide bonds. The Kier molecular flexibility index (Phi) is 8.15. The molecule has 2 aromatic heterocycles. The second kappa shape index (κ2) is 11.3. The Hall–Kier alpha value is -2.52. The van der Waals surface area contributed by atoms with Crippen LogP contribution in [0.3, 0.4) is 0 Å². The molecule has 0 aliphatic rings. The molecule has 4 aromatic rings. The summed E-state index contributed by atoms with van der Waals surface area (Å²) < 4.78 is 13.2. The lowest BCUT2D eigenvalue weighted by Gasteiger charge is -2.16. The molecule has 178 valence electrons. The number of aliphatic hydroxyl groups excluding tert-OH is 1. The van der Waals surface area contributed by atoms with E-state index in [4.69, 9.17) is 26.2 Å². The van der Waals surface area contributed by atoms with Gasteiger partial charge in [-0.3, -0.25) is 4.57 Å². The van der Waals surface area contributed by atoms with Gasteiger partial charge in [-0.2, -0.15) is 11.8 Å². The average Bonchev–Trinajstić information content (AvgIpc) is 3.45. The zero-order valence-corrected chi connectivity index (χ0v) is 21.3. The summed E-state index contributed by atoms with van der Waals surface area (Å²) in [6.07, 6.45) is 2.18. The van der Waals surface area contributed by atoms with Gasteiger partial charge >= 0.3 is 5.97 Å². The van der Waals surface area contributed by atoms with Crippen molar-refractivity contribution in [3.63, 3.8) is 0 Å². The Morgan fingerprint density at radius 1 is 1.26 bits per heavy atom. The fourth-order valence-electron chi connectivity index (χ4n) is 3.54. The number of thiophene rings is 1. The summed E-state index contributed by atoms with van der Waals surface area (Å²) >= 11 is 9.42. The normalized spacial score (nSPS) is 12.1. The van der Waals surface area contributed by atoms with Crippen LogP contribution in [0.4, 0.5) is 0 Å². The molecular weight excluding hydrogens is 492 g/mol. The Balaban J connectivity index is 1.66. The minimum Gasteiger partial charge on any atom is -0.484 e. The number of aromatic nitrogens is 2. The first-order valence-corrected chi connectivity index (χ1v) is 13.1. The van der Waals surface area contributed by atoms with Crippen LogP contribution in [-0.2, 0) is 10.5 Å². The maximum absolute atomic E-state index is 12.5. The predicted octanol–water partition coefficient (Wildman–Crippen LogP) is 6.28. The number of imidazole rings is 1. The van der Waals surface area contributed by atoms with E-state index in [9.17, 15) is 4.79 Å². The predicted molar refractivity (Wildman–Crippen MR) is 139 cm³/mol. The maximum atomic E-state index is 12.5. The molecule has 2 heterocycles. The lowest BCUT2D eigenvalue weighted by atomic mass is 10.1. The van der Waals surface area contributed by atoms with Crippen molar-refractivity contribution in [2.75, 3.05) is 19.5 Å². The smallest absolute Gasteiger partial charge is 0.351 e. The third kappa shape index (κ3) is 5.41. The largest absolute Gasteiger partial charge is 0.484 e. The Morgan fingerprint density at radius 3 is 2.85 bits per heavy atom. The highest BCUT2D eigenvalue weighted by Crippen LogP contribution is 2.37. The number of hydrogen-bond donors (Lipinski definition) is 1. The average molecular weight is 517 g/mol. The molecule has 0 unspecified atom stereocenters. The Bertz CT molecular complexity index is 1290. The second-order valence-electron chi connectivity index (χ2n) is 7.62. The third-order valence-electron chi connectivity index (χ3n) is 5.27. The number of esters is 1. The number of carbonyl (C=O) groups excluding carboxylic acids is 1. The fraction of sp³-hybridized carbons (Fsp3) is 0.280. The van der Waals surface area contributed by atoms with Crippen molar-refractivity contribution < 1.29 is 19.4 Å². The van der Waals surface area contributed by atoms with Crippen molar-refractivity contribution in [1.29, 1.82) is 0 Å². The van der Waals surface area contributed by atoms with Gasteiger partial charge in [-0.1, -0.05) is 35.9 Å². The molecule has 2 aromatic carbocycles. The summed E-state index contributed by atoms with van der Waals surface area (Å²) in [5, 5.41) is 10.4. The molecule has 0 fully saturated rings. The van der Waals surface area contributed by atoms with Crippen molar-refractivity contribution >= 4 is 51.7 Å². The highest BCUT2D eigenvalue weighted by Gasteiger charge is 2.23. The van der Waals surface area contributed by atoms with Crippen LogP contribution in [0.25, 0.3) is 16.0 Å². The van der Waals surface area contributed by atoms with E-state index in [0.717, 1.165) is 39.5 Å². The first-order valence-electron chi connectivity index (χ1n) is 10.8. The Morgan fingerprint density at radius 2 is 2.09 bits per heavy atom. The lowest BCUT2D eigenvalue weighted by molar-refractivity contribution is 0.0600. The van der Waals surface area contributed by atoms with Gasteiger partial charge in [0.15, 0.2) is 4.88 Å². The number of nitrogens with zero attached hydrogens (tertiary/aromatic N) is 2. The molecule has 34 heavy (non-hydrogen) atoms. The van der Waals surface area contributed by atoms with Crippen LogP contribution in [0.15, 0.2) is 54.9 Å². The summed E-state index contributed by atoms with van der Waals surface area (Å²) in [5.41, 5.74) is 3.82. The summed E-state index contributed by atoms with van der Waals surface area (Å²) in [6.45, 7) is 2.10. The molecule has 0 bridgehead atoms. The van der Waals surface area contributed by atoms with Crippen LogP contribution < -0.4 is 4.74 Å². The topological polar surface area (TPSA) is 73.6 Å². The van der Waals surface area contributed by atoms with Crippen molar-refractivity contribution in [3.8, 4) is 10.8 Å². The first kappa shape index (κ1) is 24.6. The highest BCUT2D eigenvalue weighted by molar-refractivity contribution is 7.98. The van der Waals surface area contributed by atoms with Crippen molar-refractivity contribution in [2.24, 2.45) is 0 Å². The van der Waals surface area contributed by atoms with Gasteiger partial charge in [-0.25, -0.2) is 9.78 Å². The van der Waals surface area contributed by atoms with Crippen molar-refractivity contribution in [1.82, 2.24) is 9.55 Å². The van der Waals surface area contributed by atoms with Crippen LogP contribution in [0, 0.1) is 0 Å². The molecule has 1 N–H and O–H groups in total. The first-order chi connectivity index (χ1) is 16.5. The van der Waals surface area contributed by atoms with Gasteiger partial charge in [0.1, 0.15) is 23.2 Å². The fourth-order valence-corrected chi connectivity index (χ4v) is 5.71. The number of aliphatic hydroxyl groups is 1. The van der Waals surface area contributed by atoms with Crippen LogP contribution in [-0.4, -0.2) is 40.1 Å². The summed E-state index contributed by atoms with van der Waals surface area (Å²) in [7, 11) is 1.36. The minimum atomic E-state index is -0.456. The molecule has 4 rings (SSSR count). The van der Waals surface area contributed by atoms with Gasteiger partial charge in [0, 0.05) is 29.0 Å². The quantitative estimate of drug-likeness (QED) is 0.197. The van der Waals surface area contributed by atoms with E-state index in [0.29, 0.717) is 15.6 Å². The molecular formula is C25H25ClN2O4S2. The second-order valence-corrected chi connectivity index (χ2v) is 10.2. The van der Waals surface area contributed by atoms with E-state index < -0.39 is 5.97 Å². The third-order valence-corrected chi connectivity index (χ3v) is 7.82. The number of hydrogen-bond acceptors (Lipinski definition) is 7. The van der Waals surface area contributed by atoms with E-state index in [-0.39, 0.29) is 12.7 Å². The summed E-state index contributed by atoms with van der Waals surface area (Å²) in [4.78, 5) is 17.4. The standard InChI is InChI=1S/C25H25ClN2O4S2/c1-16(18-6-3-4-7-19(18)26)32-22-13-23(34-24(22)25(30)31-2)28-15-27-20-9-8-17(12-21(20)28)14-33-11-5-10-29/h3-4,6-9,12-13,15-16,29H,5,10-11,14H2,1-2H3/t16-/m1/s1. The van der Waals surface area contributed by atoms with Gasteiger partial charge in [-0.15, -0.1) is 11.3 Å².